The van der Waals surface area contributed by atoms with Crippen LogP contribution in [0, 0.1) is 13.8 Å². The Bertz CT molecular complexity index is 536. The number of halogens is 1. The molecule has 0 spiro atoms. The Kier molecular flexibility index (Phi) is 11.0. The van der Waals surface area contributed by atoms with Gasteiger partial charge in [-0.05, 0) is 62.9 Å². The van der Waals surface area contributed by atoms with Gasteiger partial charge < -0.3 is 20.3 Å². The van der Waals surface area contributed by atoms with Crippen LogP contribution in [0.2, 0.25) is 0 Å². The normalized spacial score (nSPS) is 16.1. The SMILES string of the molecule is CCCN1CCC(NC(=NC)NCCOc2cc(C)cc(C)c2)CC1.I. The summed E-state index contributed by atoms with van der Waals surface area (Å²) >= 11 is 0. The number of rotatable bonds is 7. The summed E-state index contributed by atoms with van der Waals surface area (Å²) in [5.41, 5.74) is 2.46. The Morgan fingerprint density at radius 2 is 1.85 bits per heavy atom. The van der Waals surface area contributed by atoms with Crippen LogP contribution in [0.15, 0.2) is 23.2 Å². The van der Waals surface area contributed by atoms with Crippen LogP contribution in [0.1, 0.15) is 37.3 Å². The molecule has 2 N–H and O–H groups in total. The van der Waals surface area contributed by atoms with Crippen molar-refractivity contribution < 1.29 is 4.74 Å². The quantitative estimate of drug-likeness (QED) is 0.276. The van der Waals surface area contributed by atoms with E-state index < -0.39 is 0 Å². The smallest absolute Gasteiger partial charge is 0.191 e. The fraction of sp³-hybridized carbons (Fsp3) is 0.650. The lowest BCUT2D eigenvalue weighted by atomic mass is 10.1. The van der Waals surface area contributed by atoms with Gasteiger partial charge in [0.05, 0.1) is 6.54 Å². The first-order chi connectivity index (χ1) is 12.1. The predicted molar refractivity (Wildman–Crippen MR) is 121 cm³/mol. The van der Waals surface area contributed by atoms with Crippen molar-refractivity contribution in [2.45, 2.75) is 46.1 Å². The highest BCUT2D eigenvalue weighted by Gasteiger charge is 2.19. The fourth-order valence-corrected chi connectivity index (χ4v) is 3.36. The van der Waals surface area contributed by atoms with Crippen molar-refractivity contribution in [1.82, 2.24) is 15.5 Å². The Labute approximate surface area is 176 Å². The van der Waals surface area contributed by atoms with Crippen molar-refractivity contribution in [2.75, 3.05) is 39.8 Å². The monoisotopic (exact) mass is 474 g/mol. The number of ether oxygens (including phenoxy) is 1. The average Bonchev–Trinajstić information content (AvgIpc) is 2.58. The van der Waals surface area contributed by atoms with Crippen molar-refractivity contribution in [3.63, 3.8) is 0 Å². The second-order valence-electron chi connectivity index (χ2n) is 6.93. The van der Waals surface area contributed by atoms with Gasteiger partial charge >= 0.3 is 0 Å². The minimum absolute atomic E-state index is 0. The highest BCUT2D eigenvalue weighted by molar-refractivity contribution is 14.0. The predicted octanol–water partition coefficient (Wildman–Crippen LogP) is 3.34. The molecule has 1 fully saturated rings. The largest absolute Gasteiger partial charge is 0.492 e. The molecule has 0 aliphatic carbocycles. The summed E-state index contributed by atoms with van der Waals surface area (Å²) in [7, 11) is 1.83. The summed E-state index contributed by atoms with van der Waals surface area (Å²) in [5.74, 6) is 1.81. The van der Waals surface area contributed by atoms with Crippen LogP contribution in [-0.2, 0) is 0 Å². The molecule has 0 atom stereocenters. The number of hydrogen-bond donors (Lipinski definition) is 2. The number of benzene rings is 1. The van der Waals surface area contributed by atoms with Crippen LogP contribution in [-0.4, -0.2) is 56.7 Å². The average molecular weight is 474 g/mol. The van der Waals surface area contributed by atoms with Crippen molar-refractivity contribution >= 4 is 29.9 Å². The number of nitrogens with zero attached hydrogens (tertiary/aromatic N) is 2. The zero-order valence-corrected chi connectivity index (χ0v) is 19.0. The number of likely N-dealkylation sites (tertiary alicyclic amines) is 1. The number of guanidine groups is 1. The van der Waals surface area contributed by atoms with Crippen molar-refractivity contribution in [2.24, 2.45) is 4.99 Å². The van der Waals surface area contributed by atoms with E-state index in [1.54, 1.807) is 0 Å². The van der Waals surface area contributed by atoms with E-state index in [0.717, 1.165) is 18.3 Å². The van der Waals surface area contributed by atoms with Crippen LogP contribution in [0.3, 0.4) is 0 Å². The number of aliphatic imine (C=N–C) groups is 1. The molecule has 5 nitrogen and oxygen atoms in total. The zero-order chi connectivity index (χ0) is 18.1. The summed E-state index contributed by atoms with van der Waals surface area (Å²) in [5, 5.41) is 6.89. The summed E-state index contributed by atoms with van der Waals surface area (Å²) in [6.07, 6.45) is 3.60. The molecule has 0 saturated carbocycles. The summed E-state index contributed by atoms with van der Waals surface area (Å²) in [6, 6.07) is 6.82. The molecule has 26 heavy (non-hydrogen) atoms. The summed E-state index contributed by atoms with van der Waals surface area (Å²) in [6.45, 7) is 11.4. The molecule has 1 aliphatic heterocycles. The molecule has 148 valence electrons. The van der Waals surface area contributed by atoms with Gasteiger partial charge in [0.2, 0.25) is 0 Å². The minimum Gasteiger partial charge on any atom is -0.492 e. The highest BCUT2D eigenvalue weighted by Crippen LogP contribution is 2.15. The van der Waals surface area contributed by atoms with Gasteiger partial charge in [-0.3, -0.25) is 4.99 Å². The van der Waals surface area contributed by atoms with Crippen molar-refractivity contribution in [3.8, 4) is 5.75 Å². The number of piperidine rings is 1. The van der Waals surface area contributed by atoms with Gasteiger partial charge in [0.25, 0.3) is 0 Å². The maximum Gasteiger partial charge on any atom is 0.191 e. The highest BCUT2D eigenvalue weighted by atomic mass is 127. The van der Waals surface area contributed by atoms with Gasteiger partial charge in [-0.1, -0.05) is 13.0 Å². The molecule has 0 amide bonds. The van der Waals surface area contributed by atoms with Crippen molar-refractivity contribution in [3.05, 3.63) is 29.3 Å². The maximum absolute atomic E-state index is 5.84. The first-order valence-corrected chi connectivity index (χ1v) is 9.51. The van der Waals surface area contributed by atoms with E-state index in [2.05, 4.69) is 59.5 Å². The van der Waals surface area contributed by atoms with Gasteiger partial charge in [0, 0.05) is 26.2 Å². The number of aryl methyl sites for hydroxylation is 2. The Morgan fingerprint density at radius 1 is 1.19 bits per heavy atom. The Morgan fingerprint density at radius 3 is 2.42 bits per heavy atom. The second kappa shape index (κ2) is 12.4. The first kappa shape index (κ1) is 23.0. The molecule has 0 radical (unpaired) electrons. The van der Waals surface area contributed by atoms with E-state index in [4.69, 9.17) is 4.74 Å². The Balaban J connectivity index is 0.00000338. The third kappa shape index (κ3) is 8.12. The fourth-order valence-electron chi connectivity index (χ4n) is 3.36. The molecule has 1 aromatic carbocycles. The van der Waals surface area contributed by atoms with E-state index in [0.29, 0.717) is 12.6 Å². The van der Waals surface area contributed by atoms with Gasteiger partial charge in [-0.2, -0.15) is 0 Å². The van der Waals surface area contributed by atoms with E-state index in [1.807, 2.05) is 7.05 Å². The van der Waals surface area contributed by atoms with E-state index in [1.165, 1.54) is 50.0 Å². The molecule has 0 aromatic heterocycles. The molecule has 2 rings (SSSR count). The molecule has 1 heterocycles. The van der Waals surface area contributed by atoms with Crippen LogP contribution in [0.25, 0.3) is 0 Å². The van der Waals surface area contributed by atoms with Gasteiger partial charge in [0.15, 0.2) is 5.96 Å². The molecule has 0 unspecified atom stereocenters. The van der Waals surface area contributed by atoms with Crippen LogP contribution >= 0.6 is 24.0 Å². The third-order valence-corrected chi connectivity index (χ3v) is 4.55. The molecule has 6 heteroatoms. The lowest BCUT2D eigenvalue weighted by Crippen LogP contribution is -2.49. The topological polar surface area (TPSA) is 48.9 Å². The van der Waals surface area contributed by atoms with Gasteiger partial charge in [0.1, 0.15) is 12.4 Å². The third-order valence-electron chi connectivity index (χ3n) is 4.55. The van der Waals surface area contributed by atoms with E-state index in [-0.39, 0.29) is 24.0 Å². The van der Waals surface area contributed by atoms with Gasteiger partial charge in [-0.15, -0.1) is 24.0 Å². The van der Waals surface area contributed by atoms with Crippen LogP contribution in [0.5, 0.6) is 5.75 Å². The molecule has 1 aliphatic rings. The molecule has 1 aromatic rings. The standard InChI is InChI=1S/C20H34N4O.HI/c1-5-9-24-10-6-18(7-11-24)23-20(21-4)22-8-12-25-19-14-16(2)13-17(3)15-19;/h13-15,18H,5-12H2,1-4H3,(H2,21,22,23);1H. The van der Waals surface area contributed by atoms with Gasteiger partial charge in [-0.25, -0.2) is 0 Å². The van der Waals surface area contributed by atoms with Crippen LogP contribution in [0.4, 0.5) is 0 Å². The maximum atomic E-state index is 5.84. The lowest BCUT2D eigenvalue weighted by Gasteiger charge is -2.32. The number of hydrogen-bond acceptors (Lipinski definition) is 3. The van der Waals surface area contributed by atoms with Crippen molar-refractivity contribution in [1.29, 1.82) is 0 Å². The molecule has 1 saturated heterocycles. The second-order valence-corrected chi connectivity index (χ2v) is 6.93. The zero-order valence-electron chi connectivity index (χ0n) is 16.7. The molecule has 0 bridgehead atoms. The lowest BCUT2D eigenvalue weighted by molar-refractivity contribution is 0.206. The summed E-state index contributed by atoms with van der Waals surface area (Å²) in [4.78, 5) is 6.88. The van der Waals surface area contributed by atoms with Crippen LogP contribution < -0.4 is 15.4 Å². The first-order valence-electron chi connectivity index (χ1n) is 9.51. The summed E-state index contributed by atoms with van der Waals surface area (Å²) < 4.78 is 5.84. The molecular weight excluding hydrogens is 439 g/mol. The molecular formula is C20H35IN4O. The van der Waals surface area contributed by atoms with E-state index in [9.17, 15) is 0 Å². The minimum atomic E-state index is 0. The Hall–Kier alpha value is -1.02. The van der Waals surface area contributed by atoms with E-state index >= 15 is 0 Å². The number of nitrogens with one attached hydrogen (secondary N) is 2.